The van der Waals surface area contributed by atoms with E-state index in [0.29, 0.717) is 5.82 Å². The number of nitrogens with one attached hydrogen (secondary N) is 2. The quantitative estimate of drug-likeness (QED) is 0.518. The van der Waals surface area contributed by atoms with Crippen LogP contribution in [0.5, 0.6) is 0 Å². The SMILES string of the molecule is O=C(NNC(=O)c1nc(-c2ccccc2)n(-c2ccccc2)n1)c1cnccn1. The maximum absolute atomic E-state index is 12.5. The van der Waals surface area contributed by atoms with E-state index in [9.17, 15) is 9.59 Å². The second-order valence-electron chi connectivity index (χ2n) is 5.87. The van der Waals surface area contributed by atoms with Gasteiger partial charge in [-0.3, -0.25) is 25.4 Å². The number of carbonyl (C=O) groups is 2. The highest BCUT2D eigenvalue weighted by Gasteiger charge is 2.19. The Kier molecular flexibility index (Phi) is 5.02. The predicted molar refractivity (Wildman–Crippen MR) is 104 cm³/mol. The smallest absolute Gasteiger partial charge is 0.266 e. The molecular weight excluding hydrogens is 370 g/mol. The maximum atomic E-state index is 12.5. The van der Waals surface area contributed by atoms with E-state index in [0.717, 1.165) is 11.3 Å². The number of benzene rings is 2. The zero-order chi connectivity index (χ0) is 20.1. The minimum absolute atomic E-state index is 0.0700. The van der Waals surface area contributed by atoms with Crippen LogP contribution in [-0.2, 0) is 0 Å². The summed E-state index contributed by atoms with van der Waals surface area (Å²) in [5, 5.41) is 4.32. The van der Waals surface area contributed by atoms with Crippen LogP contribution < -0.4 is 10.9 Å². The van der Waals surface area contributed by atoms with E-state index in [1.807, 2.05) is 60.7 Å². The average molecular weight is 385 g/mol. The first kappa shape index (κ1) is 18.0. The third-order valence-electron chi connectivity index (χ3n) is 3.93. The summed E-state index contributed by atoms with van der Waals surface area (Å²) in [5.74, 6) is -0.847. The van der Waals surface area contributed by atoms with Gasteiger partial charge in [-0.25, -0.2) is 14.6 Å². The normalized spacial score (nSPS) is 10.3. The predicted octanol–water partition coefficient (Wildman–Crippen LogP) is 1.80. The van der Waals surface area contributed by atoms with Crippen LogP contribution in [0.15, 0.2) is 79.3 Å². The largest absolute Gasteiger partial charge is 0.309 e. The molecule has 0 atom stereocenters. The third kappa shape index (κ3) is 3.98. The van der Waals surface area contributed by atoms with Crippen molar-refractivity contribution in [2.24, 2.45) is 0 Å². The number of hydrogen-bond acceptors (Lipinski definition) is 6. The second kappa shape index (κ2) is 8.09. The molecule has 2 N–H and O–H groups in total. The van der Waals surface area contributed by atoms with Gasteiger partial charge in [-0.15, -0.1) is 5.10 Å². The first-order valence-electron chi connectivity index (χ1n) is 8.67. The number of aromatic nitrogens is 5. The Hall–Kier alpha value is -4.40. The number of nitrogens with zero attached hydrogens (tertiary/aromatic N) is 5. The molecule has 0 aliphatic rings. The van der Waals surface area contributed by atoms with Gasteiger partial charge in [0.15, 0.2) is 5.82 Å². The topological polar surface area (TPSA) is 115 Å². The standard InChI is InChI=1S/C20H15N7O2/c28-19(16-13-21-11-12-22-16)24-25-20(29)17-23-18(14-7-3-1-4-8-14)27(26-17)15-9-5-2-6-10-15/h1-13H,(H,24,28)(H,25,29). The highest BCUT2D eigenvalue weighted by atomic mass is 16.2. The molecule has 2 amide bonds. The van der Waals surface area contributed by atoms with E-state index in [2.05, 4.69) is 30.9 Å². The van der Waals surface area contributed by atoms with Crippen LogP contribution in [0.2, 0.25) is 0 Å². The molecule has 2 aromatic carbocycles. The summed E-state index contributed by atoms with van der Waals surface area (Å²) in [5.41, 5.74) is 6.19. The molecule has 0 spiro atoms. The zero-order valence-corrected chi connectivity index (χ0v) is 15.1. The lowest BCUT2D eigenvalue weighted by atomic mass is 10.2. The summed E-state index contributed by atoms with van der Waals surface area (Å²) in [6.07, 6.45) is 4.12. The Labute approximate surface area is 165 Å². The molecular formula is C20H15N7O2. The molecule has 0 aliphatic carbocycles. The number of rotatable bonds is 4. The summed E-state index contributed by atoms with van der Waals surface area (Å²) in [6, 6.07) is 18.7. The van der Waals surface area contributed by atoms with Crippen LogP contribution in [-0.4, -0.2) is 36.5 Å². The van der Waals surface area contributed by atoms with E-state index in [-0.39, 0.29) is 11.5 Å². The molecule has 0 fully saturated rings. The van der Waals surface area contributed by atoms with Crippen LogP contribution in [0.4, 0.5) is 0 Å². The molecule has 0 saturated carbocycles. The van der Waals surface area contributed by atoms with Gasteiger partial charge < -0.3 is 0 Å². The third-order valence-corrected chi connectivity index (χ3v) is 3.93. The van der Waals surface area contributed by atoms with E-state index < -0.39 is 11.8 Å². The highest BCUT2D eigenvalue weighted by Crippen LogP contribution is 2.20. The summed E-state index contributed by atoms with van der Waals surface area (Å²) >= 11 is 0. The van der Waals surface area contributed by atoms with Crippen molar-refractivity contribution < 1.29 is 9.59 Å². The van der Waals surface area contributed by atoms with Gasteiger partial charge in [0.1, 0.15) is 5.69 Å². The summed E-state index contributed by atoms with van der Waals surface area (Å²) in [6.45, 7) is 0. The first-order valence-corrected chi connectivity index (χ1v) is 8.67. The average Bonchev–Trinajstić information content (AvgIpc) is 3.25. The first-order chi connectivity index (χ1) is 14.2. The molecule has 4 rings (SSSR count). The minimum Gasteiger partial charge on any atom is -0.266 e. The van der Waals surface area contributed by atoms with E-state index in [1.54, 1.807) is 4.68 Å². The molecule has 0 radical (unpaired) electrons. The fraction of sp³-hybridized carbons (Fsp3) is 0. The molecule has 142 valence electrons. The lowest BCUT2D eigenvalue weighted by molar-refractivity contribution is 0.0838. The maximum Gasteiger partial charge on any atom is 0.309 e. The van der Waals surface area contributed by atoms with Crippen LogP contribution >= 0.6 is 0 Å². The van der Waals surface area contributed by atoms with Gasteiger partial charge in [-0.05, 0) is 12.1 Å². The van der Waals surface area contributed by atoms with Crippen LogP contribution in [0.1, 0.15) is 21.1 Å². The zero-order valence-electron chi connectivity index (χ0n) is 15.1. The molecule has 2 aromatic heterocycles. The van der Waals surface area contributed by atoms with Crippen molar-refractivity contribution in [2.75, 3.05) is 0 Å². The Morgan fingerprint density at radius 3 is 2.21 bits per heavy atom. The monoisotopic (exact) mass is 385 g/mol. The van der Waals surface area contributed by atoms with Crippen LogP contribution in [0.25, 0.3) is 17.1 Å². The summed E-state index contributed by atoms with van der Waals surface area (Å²) in [7, 11) is 0. The van der Waals surface area contributed by atoms with Crippen molar-refractivity contribution in [3.63, 3.8) is 0 Å². The molecule has 0 unspecified atom stereocenters. The van der Waals surface area contributed by atoms with Crippen LogP contribution in [0, 0.1) is 0 Å². The number of carbonyl (C=O) groups excluding carboxylic acids is 2. The van der Waals surface area contributed by atoms with Gasteiger partial charge in [0, 0.05) is 18.0 Å². The number of amides is 2. The van der Waals surface area contributed by atoms with Crippen molar-refractivity contribution in [3.05, 3.63) is 90.8 Å². The van der Waals surface area contributed by atoms with Crippen molar-refractivity contribution in [2.45, 2.75) is 0 Å². The molecule has 29 heavy (non-hydrogen) atoms. The minimum atomic E-state index is -0.658. The van der Waals surface area contributed by atoms with Crippen LogP contribution in [0.3, 0.4) is 0 Å². The molecule has 0 saturated heterocycles. The molecule has 9 heteroatoms. The summed E-state index contributed by atoms with van der Waals surface area (Å²) < 4.78 is 1.58. The number of hydrogen-bond donors (Lipinski definition) is 2. The molecule has 4 aromatic rings. The van der Waals surface area contributed by atoms with Gasteiger partial charge in [-0.2, -0.15) is 0 Å². The Morgan fingerprint density at radius 2 is 1.52 bits per heavy atom. The Bertz CT molecular complexity index is 1070. The fourth-order valence-electron chi connectivity index (χ4n) is 2.58. The fourth-order valence-corrected chi connectivity index (χ4v) is 2.58. The van der Waals surface area contributed by atoms with E-state index >= 15 is 0 Å². The van der Waals surface area contributed by atoms with Gasteiger partial charge in [0.05, 0.1) is 11.9 Å². The highest BCUT2D eigenvalue weighted by molar-refractivity contribution is 5.96. The lowest BCUT2D eigenvalue weighted by Crippen LogP contribution is -2.42. The van der Waals surface area contributed by atoms with E-state index in [1.165, 1.54) is 18.6 Å². The van der Waals surface area contributed by atoms with Gasteiger partial charge in [0.2, 0.25) is 5.82 Å². The van der Waals surface area contributed by atoms with Gasteiger partial charge in [0.25, 0.3) is 5.91 Å². The Morgan fingerprint density at radius 1 is 0.828 bits per heavy atom. The van der Waals surface area contributed by atoms with Gasteiger partial charge >= 0.3 is 5.91 Å². The van der Waals surface area contributed by atoms with Crippen molar-refractivity contribution in [3.8, 4) is 17.1 Å². The second-order valence-corrected chi connectivity index (χ2v) is 5.87. The van der Waals surface area contributed by atoms with Crippen molar-refractivity contribution >= 4 is 11.8 Å². The van der Waals surface area contributed by atoms with Crippen molar-refractivity contribution in [1.29, 1.82) is 0 Å². The van der Waals surface area contributed by atoms with Crippen molar-refractivity contribution in [1.82, 2.24) is 35.6 Å². The van der Waals surface area contributed by atoms with E-state index in [4.69, 9.17) is 0 Å². The lowest BCUT2D eigenvalue weighted by Gasteiger charge is -2.05. The molecule has 0 aliphatic heterocycles. The molecule has 2 heterocycles. The Balaban J connectivity index is 1.60. The number of hydrazine groups is 1. The molecule has 0 bridgehead atoms. The summed E-state index contributed by atoms with van der Waals surface area (Å²) in [4.78, 5) is 36.6. The molecule has 9 nitrogen and oxygen atoms in total. The van der Waals surface area contributed by atoms with Gasteiger partial charge in [-0.1, -0.05) is 48.5 Å². The number of para-hydroxylation sites is 1.